The predicted molar refractivity (Wildman–Crippen MR) is 107 cm³/mol. The Kier molecular flexibility index (Phi) is 7.35. The second kappa shape index (κ2) is 9.72. The van der Waals surface area contributed by atoms with E-state index in [0.717, 1.165) is 5.69 Å². The van der Waals surface area contributed by atoms with E-state index in [0.29, 0.717) is 29.3 Å². The maximum atomic E-state index is 12.3. The van der Waals surface area contributed by atoms with Crippen LogP contribution in [0.25, 0.3) is 0 Å². The summed E-state index contributed by atoms with van der Waals surface area (Å²) in [4.78, 5) is 36.6. The molecule has 0 saturated heterocycles. The molecule has 0 fully saturated rings. The molecule has 1 atom stereocenters. The fourth-order valence-corrected chi connectivity index (χ4v) is 2.65. The van der Waals surface area contributed by atoms with Crippen molar-refractivity contribution in [1.29, 1.82) is 0 Å². The Morgan fingerprint density at radius 1 is 1.21 bits per heavy atom. The third-order valence-electron chi connectivity index (χ3n) is 4.26. The van der Waals surface area contributed by atoms with Crippen LogP contribution in [0.1, 0.15) is 35.6 Å². The van der Waals surface area contributed by atoms with Gasteiger partial charge < -0.3 is 20.1 Å². The minimum absolute atomic E-state index is 0.315. The van der Waals surface area contributed by atoms with Crippen LogP contribution in [-0.2, 0) is 21.4 Å². The summed E-state index contributed by atoms with van der Waals surface area (Å²) in [5.74, 6) is -1.25. The highest BCUT2D eigenvalue weighted by atomic mass is 16.5. The van der Waals surface area contributed by atoms with Gasteiger partial charge in [-0.15, -0.1) is 0 Å². The molecule has 2 rings (SSSR count). The Morgan fingerprint density at radius 2 is 1.90 bits per heavy atom. The first-order valence-electron chi connectivity index (χ1n) is 9.25. The van der Waals surface area contributed by atoms with E-state index in [-0.39, 0.29) is 6.54 Å². The van der Waals surface area contributed by atoms with Crippen molar-refractivity contribution in [3.63, 3.8) is 0 Å². The highest BCUT2D eigenvalue weighted by molar-refractivity contribution is 5.99. The van der Waals surface area contributed by atoms with Crippen molar-refractivity contribution >= 4 is 23.5 Å². The molecule has 1 aromatic carbocycles. The van der Waals surface area contributed by atoms with Gasteiger partial charge in [-0.1, -0.05) is 12.1 Å². The largest absolute Gasteiger partial charge is 0.493 e. The lowest BCUT2D eigenvalue weighted by Crippen LogP contribution is -2.36. The molecule has 9 heteroatoms. The third-order valence-corrected chi connectivity index (χ3v) is 4.26. The SMILES string of the molecule is CCOc1ccccc1C(=O)NCC(=O)O[C@@H](C)C(=O)Nc1c(C)nn(C)c1C. The Bertz CT molecular complexity index is 906. The smallest absolute Gasteiger partial charge is 0.326 e. The van der Waals surface area contributed by atoms with Gasteiger partial charge in [0.05, 0.1) is 29.2 Å². The van der Waals surface area contributed by atoms with Crippen molar-refractivity contribution in [2.24, 2.45) is 7.05 Å². The van der Waals surface area contributed by atoms with Crippen LogP contribution in [0, 0.1) is 13.8 Å². The van der Waals surface area contributed by atoms with Crippen LogP contribution in [0.2, 0.25) is 0 Å². The number of hydrogen-bond donors (Lipinski definition) is 2. The normalized spacial score (nSPS) is 11.5. The summed E-state index contributed by atoms with van der Waals surface area (Å²) >= 11 is 0. The van der Waals surface area contributed by atoms with Crippen molar-refractivity contribution in [2.45, 2.75) is 33.8 Å². The summed E-state index contributed by atoms with van der Waals surface area (Å²) in [7, 11) is 1.77. The first-order valence-corrected chi connectivity index (χ1v) is 9.25. The molecule has 29 heavy (non-hydrogen) atoms. The van der Waals surface area contributed by atoms with Gasteiger partial charge in [0, 0.05) is 7.05 Å². The van der Waals surface area contributed by atoms with Gasteiger partial charge >= 0.3 is 5.97 Å². The van der Waals surface area contributed by atoms with Crippen molar-refractivity contribution in [2.75, 3.05) is 18.5 Å². The molecular weight excluding hydrogens is 376 g/mol. The number of nitrogens with one attached hydrogen (secondary N) is 2. The summed E-state index contributed by atoms with van der Waals surface area (Å²) < 4.78 is 12.2. The topological polar surface area (TPSA) is 112 Å². The molecule has 0 spiro atoms. The average molecular weight is 402 g/mol. The second-order valence-corrected chi connectivity index (χ2v) is 6.40. The monoisotopic (exact) mass is 402 g/mol. The Morgan fingerprint density at radius 3 is 2.52 bits per heavy atom. The number of aryl methyl sites for hydroxylation is 2. The Balaban J connectivity index is 1.88. The van der Waals surface area contributed by atoms with Gasteiger partial charge in [-0.05, 0) is 39.8 Å². The van der Waals surface area contributed by atoms with Crippen LogP contribution in [0.4, 0.5) is 5.69 Å². The number of anilines is 1. The van der Waals surface area contributed by atoms with Gasteiger partial charge in [0.1, 0.15) is 12.3 Å². The molecule has 156 valence electrons. The molecule has 0 saturated carbocycles. The summed E-state index contributed by atoms with van der Waals surface area (Å²) in [6.07, 6.45) is -1.03. The lowest BCUT2D eigenvalue weighted by atomic mass is 10.2. The van der Waals surface area contributed by atoms with E-state index in [1.807, 2.05) is 13.8 Å². The van der Waals surface area contributed by atoms with Crippen molar-refractivity contribution in [1.82, 2.24) is 15.1 Å². The second-order valence-electron chi connectivity index (χ2n) is 6.40. The minimum atomic E-state index is -1.03. The summed E-state index contributed by atoms with van der Waals surface area (Å²) in [5, 5.41) is 9.41. The van der Waals surface area contributed by atoms with Crippen molar-refractivity contribution < 1.29 is 23.9 Å². The number of ether oxygens (including phenoxy) is 2. The molecule has 2 amide bonds. The van der Waals surface area contributed by atoms with E-state index in [4.69, 9.17) is 9.47 Å². The number of carbonyl (C=O) groups excluding carboxylic acids is 3. The fraction of sp³-hybridized carbons (Fsp3) is 0.400. The standard InChI is InChI=1S/C20H26N4O5/c1-6-28-16-10-8-7-9-15(16)20(27)21-11-17(25)29-14(4)19(26)22-18-12(2)23-24(5)13(18)3/h7-10,14H,6,11H2,1-5H3,(H,21,27)(H,22,26)/t14-/m0/s1. The number of benzene rings is 1. The van der Waals surface area contributed by atoms with Gasteiger partial charge in [0.15, 0.2) is 6.10 Å². The molecule has 1 aromatic heterocycles. The van der Waals surface area contributed by atoms with Gasteiger partial charge in [-0.2, -0.15) is 5.10 Å². The van der Waals surface area contributed by atoms with Gasteiger partial charge in [0.2, 0.25) is 0 Å². The van der Waals surface area contributed by atoms with E-state index in [1.54, 1.807) is 42.9 Å². The fourth-order valence-electron chi connectivity index (χ4n) is 2.65. The average Bonchev–Trinajstić information content (AvgIpc) is 2.92. The zero-order valence-corrected chi connectivity index (χ0v) is 17.2. The van der Waals surface area contributed by atoms with E-state index in [2.05, 4.69) is 15.7 Å². The van der Waals surface area contributed by atoms with Crippen LogP contribution in [0.5, 0.6) is 5.75 Å². The molecule has 0 radical (unpaired) electrons. The van der Waals surface area contributed by atoms with E-state index in [9.17, 15) is 14.4 Å². The van der Waals surface area contributed by atoms with Gasteiger partial charge in [-0.25, -0.2) is 0 Å². The number of hydrogen-bond acceptors (Lipinski definition) is 6. The van der Waals surface area contributed by atoms with Crippen LogP contribution < -0.4 is 15.4 Å². The maximum Gasteiger partial charge on any atom is 0.326 e. The van der Waals surface area contributed by atoms with Crippen LogP contribution in [0.3, 0.4) is 0 Å². The van der Waals surface area contributed by atoms with Crippen LogP contribution in [0.15, 0.2) is 24.3 Å². The number of nitrogens with zero attached hydrogens (tertiary/aromatic N) is 2. The molecule has 1 heterocycles. The van der Waals surface area contributed by atoms with Gasteiger partial charge in [0.25, 0.3) is 11.8 Å². The summed E-state index contributed by atoms with van der Waals surface area (Å²) in [6.45, 7) is 6.90. The van der Waals surface area contributed by atoms with Crippen molar-refractivity contribution in [3.05, 3.63) is 41.2 Å². The maximum absolute atomic E-state index is 12.3. The third kappa shape index (κ3) is 5.56. The Hall–Kier alpha value is -3.36. The number of amides is 2. The Labute approximate surface area is 169 Å². The summed E-state index contributed by atoms with van der Waals surface area (Å²) in [6, 6.07) is 6.72. The lowest BCUT2D eigenvalue weighted by Gasteiger charge is -2.14. The number of aromatic nitrogens is 2. The lowest BCUT2D eigenvalue weighted by molar-refractivity contribution is -0.152. The van der Waals surface area contributed by atoms with Crippen LogP contribution >= 0.6 is 0 Å². The quantitative estimate of drug-likeness (QED) is 0.651. The highest BCUT2D eigenvalue weighted by Gasteiger charge is 2.21. The molecule has 0 aliphatic rings. The van der Waals surface area contributed by atoms with Gasteiger partial charge in [-0.3, -0.25) is 19.1 Å². The number of carbonyl (C=O) groups is 3. The van der Waals surface area contributed by atoms with E-state index >= 15 is 0 Å². The molecular formula is C20H26N4O5. The van der Waals surface area contributed by atoms with Crippen molar-refractivity contribution in [3.8, 4) is 5.75 Å². The molecule has 0 bridgehead atoms. The predicted octanol–water partition coefficient (Wildman–Crippen LogP) is 1.74. The number of para-hydroxylation sites is 1. The molecule has 2 aromatic rings. The molecule has 9 nitrogen and oxygen atoms in total. The molecule has 2 N–H and O–H groups in total. The summed E-state index contributed by atoms with van der Waals surface area (Å²) in [5.41, 5.74) is 2.35. The zero-order chi connectivity index (χ0) is 21.6. The molecule has 0 unspecified atom stereocenters. The van der Waals surface area contributed by atoms with E-state index in [1.165, 1.54) is 6.92 Å². The van der Waals surface area contributed by atoms with E-state index < -0.39 is 23.9 Å². The first-order chi connectivity index (χ1) is 13.7. The molecule has 0 aliphatic heterocycles. The first kappa shape index (κ1) is 21.9. The number of esters is 1. The van der Waals surface area contributed by atoms with Crippen LogP contribution in [-0.4, -0.2) is 46.8 Å². The minimum Gasteiger partial charge on any atom is -0.493 e. The zero-order valence-electron chi connectivity index (χ0n) is 17.2. The number of rotatable bonds is 8. The molecule has 0 aliphatic carbocycles. The highest BCUT2D eigenvalue weighted by Crippen LogP contribution is 2.19.